The second kappa shape index (κ2) is 9.33. The molecule has 2 aliphatic carbocycles. The van der Waals surface area contributed by atoms with Crippen LogP contribution in [-0.2, 0) is 8.85 Å². The molecule has 0 spiro atoms. The maximum absolute atomic E-state index is 7.07. The summed E-state index contributed by atoms with van der Waals surface area (Å²) in [4.78, 5) is 0. The Labute approximate surface area is 175 Å². The van der Waals surface area contributed by atoms with Crippen molar-refractivity contribution >= 4 is 30.3 Å². The third-order valence-corrected chi connectivity index (χ3v) is 9.87. The van der Waals surface area contributed by atoms with E-state index in [-0.39, 0.29) is 12.2 Å². The Morgan fingerprint density at radius 3 is 1.24 bits per heavy atom. The van der Waals surface area contributed by atoms with Gasteiger partial charge in [-0.2, -0.15) is 0 Å². The molecule has 2 aliphatic rings. The van der Waals surface area contributed by atoms with Gasteiger partial charge < -0.3 is 20.3 Å². The van der Waals surface area contributed by atoms with Gasteiger partial charge in [0.15, 0.2) is 0 Å². The lowest BCUT2D eigenvalue weighted by atomic mass is 9.98. The Kier molecular flexibility index (Phi) is 6.58. The number of nitrogens with two attached hydrogens (primary N) is 2. The maximum Gasteiger partial charge on any atom is 0.407 e. The van der Waals surface area contributed by atoms with E-state index in [0.717, 1.165) is 47.4 Å². The van der Waals surface area contributed by atoms with Crippen molar-refractivity contribution in [3.05, 3.63) is 48.5 Å². The minimum atomic E-state index is -2.88. The zero-order valence-corrected chi connectivity index (χ0v) is 18.3. The highest BCUT2D eigenvalue weighted by molar-refractivity contribution is 6.92. The highest BCUT2D eigenvalue weighted by Gasteiger charge is 2.46. The van der Waals surface area contributed by atoms with Crippen LogP contribution in [0.1, 0.15) is 64.2 Å². The van der Waals surface area contributed by atoms with E-state index in [9.17, 15) is 0 Å². The van der Waals surface area contributed by atoms with Crippen molar-refractivity contribution in [3.63, 3.8) is 0 Å². The first-order valence-corrected chi connectivity index (χ1v) is 13.0. The molecule has 0 radical (unpaired) electrons. The summed E-state index contributed by atoms with van der Waals surface area (Å²) >= 11 is 0. The van der Waals surface area contributed by atoms with Gasteiger partial charge in [0, 0.05) is 23.6 Å². The van der Waals surface area contributed by atoms with Crippen molar-refractivity contribution in [2.45, 2.75) is 76.4 Å². The molecule has 0 saturated heterocycles. The van der Waals surface area contributed by atoms with Crippen molar-refractivity contribution in [2.75, 3.05) is 11.5 Å². The average Bonchev–Trinajstić information content (AvgIpc) is 2.76. The van der Waals surface area contributed by atoms with Crippen LogP contribution in [0.15, 0.2) is 48.5 Å². The monoisotopic (exact) mass is 410 g/mol. The van der Waals surface area contributed by atoms with E-state index < -0.39 is 8.56 Å². The molecule has 0 aromatic heterocycles. The summed E-state index contributed by atoms with van der Waals surface area (Å²) in [7, 11) is -2.88. The van der Waals surface area contributed by atoms with Crippen molar-refractivity contribution < 1.29 is 8.85 Å². The number of rotatable bonds is 6. The third kappa shape index (κ3) is 4.85. The molecule has 2 saturated carbocycles. The fraction of sp³-hybridized carbons (Fsp3) is 0.500. The van der Waals surface area contributed by atoms with Gasteiger partial charge in [0.05, 0.1) is 0 Å². The van der Waals surface area contributed by atoms with E-state index in [4.69, 9.17) is 20.3 Å². The normalized spacial score (nSPS) is 19.3. The molecule has 2 aromatic rings. The molecule has 0 amide bonds. The van der Waals surface area contributed by atoms with Crippen LogP contribution in [0, 0.1) is 0 Å². The summed E-state index contributed by atoms with van der Waals surface area (Å²) < 4.78 is 14.1. The number of hydrogen-bond donors (Lipinski definition) is 2. The quantitative estimate of drug-likeness (QED) is 0.555. The molecule has 0 heterocycles. The highest BCUT2D eigenvalue weighted by Crippen LogP contribution is 2.29. The fourth-order valence-corrected chi connectivity index (χ4v) is 8.26. The Balaban J connectivity index is 1.77. The predicted molar refractivity (Wildman–Crippen MR) is 123 cm³/mol. The van der Waals surface area contributed by atoms with Crippen LogP contribution in [0.25, 0.3) is 0 Å². The largest absolute Gasteiger partial charge is 0.407 e. The Bertz CT molecular complexity index is 699. The molecule has 0 bridgehead atoms. The molecule has 2 aromatic carbocycles. The van der Waals surface area contributed by atoms with Gasteiger partial charge in [-0.15, -0.1) is 0 Å². The molecule has 156 valence electrons. The lowest BCUT2D eigenvalue weighted by molar-refractivity contribution is 0.0618. The molecule has 0 atom stereocenters. The summed E-state index contributed by atoms with van der Waals surface area (Å²) in [6.07, 6.45) is 12.6. The fourth-order valence-electron chi connectivity index (χ4n) is 4.71. The second-order valence-corrected chi connectivity index (χ2v) is 11.5. The first-order chi connectivity index (χ1) is 14.2. The third-order valence-electron chi connectivity index (χ3n) is 6.35. The zero-order chi connectivity index (χ0) is 20.1. The topological polar surface area (TPSA) is 70.5 Å². The van der Waals surface area contributed by atoms with E-state index in [1.54, 1.807) is 0 Å². The lowest BCUT2D eigenvalue weighted by Crippen LogP contribution is -2.66. The summed E-state index contributed by atoms with van der Waals surface area (Å²) in [6.45, 7) is 0. The SMILES string of the molecule is Nc1ccc([Si](OC2CCCCC2)(OC2CCCCC2)c2ccc(N)cc2)cc1. The van der Waals surface area contributed by atoms with Crippen LogP contribution in [0.2, 0.25) is 0 Å². The van der Waals surface area contributed by atoms with Gasteiger partial charge in [-0.3, -0.25) is 0 Å². The molecule has 2 fully saturated rings. The van der Waals surface area contributed by atoms with Gasteiger partial charge in [0.25, 0.3) is 0 Å². The highest BCUT2D eigenvalue weighted by atomic mass is 28.4. The van der Waals surface area contributed by atoms with E-state index in [1.807, 2.05) is 24.3 Å². The number of anilines is 2. The Morgan fingerprint density at radius 2 is 0.897 bits per heavy atom. The smallest absolute Gasteiger partial charge is 0.399 e. The van der Waals surface area contributed by atoms with E-state index >= 15 is 0 Å². The summed E-state index contributed by atoms with van der Waals surface area (Å²) in [6, 6.07) is 16.4. The van der Waals surface area contributed by atoms with Crippen LogP contribution in [-0.4, -0.2) is 20.8 Å². The zero-order valence-electron chi connectivity index (χ0n) is 17.3. The maximum atomic E-state index is 7.07. The van der Waals surface area contributed by atoms with Crippen molar-refractivity contribution in [2.24, 2.45) is 0 Å². The lowest BCUT2D eigenvalue weighted by Gasteiger charge is -2.40. The van der Waals surface area contributed by atoms with Gasteiger partial charge in [-0.1, -0.05) is 62.8 Å². The first-order valence-electron chi connectivity index (χ1n) is 11.2. The Hall–Kier alpha value is -1.82. The van der Waals surface area contributed by atoms with Gasteiger partial charge in [-0.05, 0) is 60.3 Å². The van der Waals surface area contributed by atoms with Crippen LogP contribution >= 0.6 is 0 Å². The second-order valence-electron chi connectivity index (χ2n) is 8.62. The molecule has 4 rings (SSSR count). The van der Waals surface area contributed by atoms with Gasteiger partial charge in [-0.25, -0.2) is 0 Å². The number of nitrogen functional groups attached to an aromatic ring is 2. The minimum absolute atomic E-state index is 0.258. The average molecular weight is 411 g/mol. The molecule has 5 heteroatoms. The standard InChI is InChI=1S/C24H34N2O2Si/c25-19-11-15-23(16-12-19)29(24-17-13-20(26)14-18-24,27-21-7-3-1-4-8-21)28-22-9-5-2-6-10-22/h11-18,21-22H,1-10,25-26H2. The van der Waals surface area contributed by atoms with Gasteiger partial charge in [0.2, 0.25) is 0 Å². The number of benzene rings is 2. The molecular weight excluding hydrogens is 376 g/mol. The van der Waals surface area contributed by atoms with Gasteiger partial charge >= 0.3 is 8.56 Å². The molecule has 4 N–H and O–H groups in total. The van der Waals surface area contributed by atoms with E-state index in [0.29, 0.717) is 0 Å². The van der Waals surface area contributed by atoms with Crippen molar-refractivity contribution in [1.29, 1.82) is 0 Å². The summed E-state index contributed by atoms with van der Waals surface area (Å²) in [5.41, 5.74) is 13.6. The Morgan fingerprint density at radius 1 is 0.552 bits per heavy atom. The molecule has 4 nitrogen and oxygen atoms in total. The minimum Gasteiger partial charge on any atom is -0.399 e. The van der Waals surface area contributed by atoms with Crippen LogP contribution < -0.4 is 21.8 Å². The molecule has 0 aliphatic heterocycles. The van der Waals surface area contributed by atoms with Crippen molar-refractivity contribution in [3.8, 4) is 0 Å². The van der Waals surface area contributed by atoms with Gasteiger partial charge in [0.1, 0.15) is 0 Å². The van der Waals surface area contributed by atoms with Crippen molar-refractivity contribution in [1.82, 2.24) is 0 Å². The summed E-state index contributed by atoms with van der Waals surface area (Å²) in [5.74, 6) is 0. The van der Waals surface area contributed by atoms with E-state index in [2.05, 4.69) is 24.3 Å². The molecular formula is C24H34N2O2Si. The predicted octanol–water partition coefficient (Wildman–Crippen LogP) is 4.11. The molecule has 0 unspecified atom stereocenters. The van der Waals surface area contributed by atoms with Crippen LogP contribution in [0.4, 0.5) is 11.4 Å². The van der Waals surface area contributed by atoms with Crippen LogP contribution in [0.5, 0.6) is 0 Å². The number of hydrogen-bond acceptors (Lipinski definition) is 4. The van der Waals surface area contributed by atoms with E-state index in [1.165, 1.54) is 38.5 Å². The van der Waals surface area contributed by atoms with Crippen LogP contribution in [0.3, 0.4) is 0 Å². The first kappa shape index (κ1) is 20.4. The molecule has 29 heavy (non-hydrogen) atoms. The summed E-state index contributed by atoms with van der Waals surface area (Å²) in [5, 5.41) is 2.29.